The molecule has 0 radical (unpaired) electrons. The van der Waals surface area contributed by atoms with Gasteiger partial charge in [0.25, 0.3) is 0 Å². The van der Waals surface area contributed by atoms with E-state index >= 15 is 0 Å². The van der Waals surface area contributed by atoms with Gasteiger partial charge in [-0.25, -0.2) is 4.79 Å². The molecule has 8 heteroatoms. The first kappa shape index (κ1) is 20.6. The van der Waals surface area contributed by atoms with Crippen LogP contribution in [0.2, 0.25) is 18.1 Å². The molecule has 0 aliphatic carbocycles. The lowest BCUT2D eigenvalue weighted by atomic mass is 10.2. The monoisotopic (exact) mass is 334 g/mol. The van der Waals surface area contributed by atoms with Gasteiger partial charge in [-0.05, 0) is 25.1 Å². The van der Waals surface area contributed by atoms with Gasteiger partial charge in [-0.1, -0.05) is 20.8 Å². The molecule has 0 aliphatic rings. The number of hydrogen-bond donors (Lipinski definition) is 1. The van der Waals surface area contributed by atoms with Crippen LogP contribution in [0.5, 0.6) is 0 Å². The number of carbonyl (C=O) groups excluding carboxylic acids is 2. The summed E-state index contributed by atoms with van der Waals surface area (Å²) in [6.07, 6.45) is -2.56. The van der Waals surface area contributed by atoms with Crippen LogP contribution in [0.4, 0.5) is 4.79 Å². The molecule has 1 N–H and O–H groups in total. The van der Waals surface area contributed by atoms with Crippen molar-refractivity contribution in [3.63, 3.8) is 0 Å². The lowest BCUT2D eigenvalue weighted by Gasteiger charge is -2.38. The topological polar surface area (TPSA) is 99.1 Å². The van der Waals surface area contributed by atoms with Crippen LogP contribution in [0, 0.1) is 0 Å². The first-order chi connectivity index (χ1) is 9.89. The van der Waals surface area contributed by atoms with Gasteiger partial charge in [-0.2, -0.15) is 0 Å². The summed E-state index contributed by atoms with van der Waals surface area (Å²) in [6, 6.07) is 0. The third kappa shape index (κ3) is 7.55. The zero-order valence-electron chi connectivity index (χ0n) is 14.1. The van der Waals surface area contributed by atoms with Gasteiger partial charge in [0.1, 0.15) is 0 Å². The maximum atomic E-state index is 11.7. The maximum Gasteiger partial charge on any atom is 0.516 e. The van der Waals surface area contributed by atoms with Crippen LogP contribution in [0.25, 0.3) is 0 Å². The lowest BCUT2D eigenvalue weighted by Crippen LogP contribution is -2.45. The van der Waals surface area contributed by atoms with Gasteiger partial charge in [0.05, 0.1) is 25.6 Å². The van der Waals surface area contributed by atoms with Crippen molar-refractivity contribution in [2.75, 3.05) is 6.61 Å². The smallest absolute Gasteiger partial charge is 0.481 e. The van der Waals surface area contributed by atoms with E-state index in [9.17, 15) is 14.4 Å². The van der Waals surface area contributed by atoms with Crippen LogP contribution in [-0.4, -0.2) is 44.2 Å². The van der Waals surface area contributed by atoms with Crippen molar-refractivity contribution in [2.24, 2.45) is 0 Å². The summed E-state index contributed by atoms with van der Waals surface area (Å²) in [5.74, 6) is -1.93. The number of carbonyl (C=O) groups is 3. The summed E-state index contributed by atoms with van der Waals surface area (Å²) >= 11 is 0. The Morgan fingerprint density at radius 2 is 1.68 bits per heavy atom. The number of hydrogen-bond acceptors (Lipinski definition) is 6. The average molecular weight is 334 g/mol. The van der Waals surface area contributed by atoms with Crippen LogP contribution in [0.3, 0.4) is 0 Å². The van der Waals surface area contributed by atoms with E-state index in [1.807, 2.05) is 33.9 Å². The van der Waals surface area contributed by atoms with E-state index in [0.29, 0.717) is 0 Å². The van der Waals surface area contributed by atoms with E-state index in [1.165, 1.54) is 0 Å². The van der Waals surface area contributed by atoms with E-state index in [-0.39, 0.29) is 24.5 Å². The Balaban J connectivity index is 4.82. The van der Waals surface area contributed by atoms with Crippen LogP contribution < -0.4 is 0 Å². The fourth-order valence-electron chi connectivity index (χ4n) is 1.41. The molecule has 0 saturated heterocycles. The molecule has 0 heterocycles. The zero-order chi connectivity index (χ0) is 17.6. The van der Waals surface area contributed by atoms with Gasteiger partial charge in [0.2, 0.25) is 0 Å². The molecule has 0 amide bonds. The average Bonchev–Trinajstić information content (AvgIpc) is 2.24. The Labute approximate surface area is 132 Å². The summed E-state index contributed by atoms with van der Waals surface area (Å²) in [5, 5.41) is 8.82. The largest absolute Gasteiger partial charge is 0.516 e. The Hall–Kier alpha value is -1.41. The molecule has 0 unspecified atom stereocenters. The van der Waals surface area contributed by atoms with Crippen molar-refractivity contribution in [1.29, 1.82) is 0 Å². The summed E-state index contributed by atoms with van der Waals surface area (Å²) < 4.78 is 14.9. The van der Waals surface area contributed by atoms with Gasteiger partial charge in [-0.3, -0.25) is 9.59 Å². The number of esters is 1. The highest BCUT2D eigenvalue weighted by atomic mass is 28.4. The molecule has 0 aliphatic heterocycles. The van der Waals surface area contributed by atoms with Gasteiger partial charge >= 0.3 is 18.1 Å². The van der Waals surface area contributed by atoms with Crippen LogP contribution >= 0.6 is 0 Å². The van der Waals surface area contributed by atoms with Crippen LogP contribution in [-0.2, 0) is 23.5 Å². The maximum absolute atomic E-state index is 11.7. The molecule has 0 saturated carbocycles. The summed E-state index contributed by atoms with van der Waals surface area (Å²) in [7, 11) is -2.24. The second-order valence-corrected chi connectivity index (χ2v) is 11.2. The van der Waals surface area contributed by atoms with Crippen LogP contribution in [0.1, 0.15) is 40.5 Å². The number of ether oxygens (including phenoxy) is 2. The predicted octanol–water partition coefficient (Wildman–Crippen LogP) is 2.94. The number of rotatable bonds is 7. The molecule has 0 bridgehead atoms. The number of aliphatic carboxylic acids is 1. The van der Waals surface area contributed by atoms with E-state index in [4.69, 9.17) is 9.53 Å². The molecule has 0 spiro atoms. The SMILES string of the molecule is CCOC(=O)OC(=O)C[C@@H](CC(=O)O)O[Si](C)(C)C(C)(C)C. The number of carboxylic acids is 1. The normalized spacial score (nSPS) is 13.4. The molecule has 0 aromatic carbocycles. The third-order valence-corrected chi connectivity index (χ3v) is 8.06. The fraction of sp³-hybridized carbons (Fsp3) is 0.786. The van der Waals surface area contributed by atoms with Gasteiger partial charge in [0.15, 0.2) is 8.32 Å². The number of carboxylic acid groups (broad SMARTS) is 1. The van der Waals surface area contributed by atoms with Crippen molar-refractivity contribution in [1.82, 2.24) is 0 Å². The molecule has 0 aromatic heterocycles. The molecule has 7 nitrogen and oxygen atoms in total. The van der Waals surface area contributed by atoms with E-state index in [1.54, 1.807) is 6.92 Å². The predicted molar refractivity (Wildman–Crippen MR) is 82.1 cm³/mol. The molecular formula is C14H26O7Si. The Morgan fingerprint density at radius 3 is 2.09 bits per heavy atom. The summed E-state index contributed by atoms with van der Waals surface area (Å²) in [5.41, 5.74) is 0. The second-order valence-electron chi connectivity index (χ2n) is 6.46. The standard InChI is InChI=1S/C14H26O7Si/c1-7-19-13(18)20-12(17)9-10(8-11(15)16)21-22(5,6)14(2,3)4/h10H,7-9H2,1-6H3,(H,15,16)/t10-/m1/s1. The van der Waals surface area contributed by atoms with Crippen molar-refractivity contribution in [2.45, 2.75) is 64.8 Å². The second kappa shape index (κ2) is 8.28. The highest BCUT2D eigenvalue weighted by Gasteiger charge is 2.40. The fourth-order valence-corrected chi connectivity index (χ4v) is 2.77. The van der Waals surface area contributed by atoms with Crippen molar-refractivity contribution in [3.05, 3.63) is 0 Å². The van der Waals surface area contributed by atoms with E-state index in [2.05, 4.69) is 9.47 Å². The van der Waals surface area contributed by atoms with Gasteiger partial charge < -0.3 is 19.0 Å². The molecule has 0 rings (SSSR count). The quantitative estimate of drug-likeness (QED) is 0.434. The zero-order valence-corrected chi connectivity index (χ0v) is 15.1. The van der Waals surface area contributed by atoms with Crippen molar-refractivity contribution < 1.29 is 33.4 Å². The highest BCUT2D eigenvalue weighted by Crippen LogP contribution is 2.38. The molecule has 22 heavy (non-hydrogen) atoms. The molecule has 0 aromatic rings. The highest BCUT2D eigenvalue weighted by molar-refractivity contribution is 6.74. The molecular weight excluding hydrogens is 308 g/mol. The summed E-state index contributed by atoms with van der Waals surface area (Å²) in [4.78, 5) is 33.7. The molecule has 0 fully saturated rings. The molecule has 1 atom stereocenters. The van der Waals surface area contributed by atoms with Gasteiger partial charge in [-0.15, -0.1) is 0 Å². The minimum Gasteiger partial charge on any atom is -0.481 e. The van der Waals surface area contributed by atoms with Crippen LogP contribution in [0.15, 0.2) is 0 Å². The Bertz CT molecular complexity index is 412. The van der Waals surface area contributed by atoms with E-state index in [0.717, 1.165) is 0 Å². The van der Waals surface area contributed by atoms with Crippen molar-refractivity contribution in [3.8, 4) is 0 Å². The lowest BCUT2D eigenvalue weighted by molar-refractivity contribution is -0.143. The minimum absolute atomic E-state index is 0.0884. The first-order valence-corrected chi connectivity index (χ1v) is 10.1. The Kier molecular flexibility index (Phi) is 7.75. The molecule has 128 valence electrons. The van der Waals surface area contributed by atoms with E-state index < -0.39 is 32.5 Å². The van der Waals surface area contributed by atoms with Crippen molar-refractivity contribution >= 4 is 26.4 Å². The summed E-state index contributed by atoms with van der Waals surface area (Å²) in [6.45, 7) is 11.6. The first-order valence-electron chi connectivity index (χ1n) is 7.16. The third-order valence-electron chi connectivity index (χ3n) is 3.52. The van der Waals surface area contributed by atoms with Gasteiger partial charge in [0, 0.05) is 0 Å². The Morgan fingerprint density at radius 1 is 1.14 bits per heavy atom. The minimum atomic E-state index is -2.24.